The Morgan fingerprint density at radius 1 is 1.69 bits per heavy atom. The van der Waals surface area contributed by atoms with Gasteiger partial charge in [-0.25, -0.2) is 0 Å². The maximum absolute atomic E-state index is 12.1. The van der Waals surface area contributed by atoms with Crippen LogP contribution < -0.4 is 5.73 Å². The number of aromatic nitrogens is 1. The topological polar surface area (TPSA) is 59.2 Å². The second-order valence-electron chi connectivity index (χ2n) is 3.91. The second-order valence-corrected chi connectivity index (χ2v) is 5.06. The molecule has 0 saturated carbocycles. The lowest BCUT2D eigenvalue weighted by atomic mass is 10.2. The average Bonchev–Trinajstić information content (AvgIpc) is 2.80. The summed E-state index contributed by atoms with van der Waals surface area (Å²) in [6.45, 7) is 0. The predicted octanol–water partition coefficient (Wildman–Crippen LogP) is 1.24. The third kappa shape index (κ3) is 2.29. The fraction of sp³-hybridized carbons (Fsp3) is 0.455. The van der Waals surface area contributed by atoms with Gasteiger partial charge in [0.2, 0.25) is 0 Å². The number of carbonyl (C=O) groups excluding carboxylic acids is 1. The number of thioether (sulfide) groups is 1. The van der Waals surface area contributed by atoms with Crippen LogP contribution >= 0.6 is 11.8 Å². The van der Waals surface area contributed by atoms with E-state index in [0.29, 0.717) is 17.4 Å². The van der Waals surface area contributed by atoms with Crippen molar-refractivity contribution in [2.45, 2.75) is 12.5 Å². The van der Waals surface area contributed by atoms with Gasteiger partial charge in [-0.05, 0) is 24.3 Å². The van der Waals surface area contributed by atoms with Crippen molar-refractivity contribution >= 4 is 23.4 Å². The quantitative estimate of drug-likeness (QED) is 0.840. The first kappa shape index (κ1) is 11.3. The summed E-state index contributed by atoms with van der Waals surface area (Å²) in [6.07, 6.45) is 2.63. The highest BCUT2D eigenvalue weighted by Crippen LogP contribution is 2.22. The zero-order valence-corrected chi connectivity index (χ0v) is 10.0. The summed E-state index contributed by atoms with van der Waals surface area (Å²) >= 11 is 1.89. The van der Waals surface area contributed by atoms with Gasteiger partial charge in [-0.2, -0.15) is 11.8 Å². The molecule has 2 rings (SSSR count). The minimum absolute atomic E-state index is 0.0419. The van der Waals surface area contributed by atoms with Crippen LogP contribution in [0.25, 0.3) is 0 Å². The van der Waals surface area contributed by atoms with Crippen LogP contribution in [0.15, 0.2) is 18.3 Å². The molecule has 0 aliphatic carbocycles. The minimum Gasteiger partial charge on any atom is -0.399 e. The molecule has 86 valence electrons. The molecule has 1 aliphatic rings. The zero-order valence-electron chi connectivity index (χ0n) is 9.22. The molecule has 5 heteroatoms. The normalized spacial score (nSPS) is 19.7. The Kier molecular flexibility index (Phi) is 3.33. The molecule has 0 aromatic carbocycles. The maximum atomic E-state index is 12.1. The lowest BCUT2D eigenvalue weighted by molar-refractivity contribution is 0.0742. The number of amides is 1. The molecule has 4 nitrogen and oxygen atoms in total. The van der Waals surface area contributed by atoms with Crippen molar-refractivity contribution in [3.63, 3.8) is 0 Å². The van der Waals surface area contributed by atoms with Crippen LogP contribution in [0.2, 0.25) is 0 Å². The molecule has 2 heterocycles. The van der Waals surface area contributed by atoms with Crippen LogP contribution in [0.1, 0.15) is 16.9 Å². The van der Waals surface area contributed by atoms with Gasteiger partial charge in [0, 0.05) is 30.7 Å². The molecule has 1 amide bonds. The third-order valence-electron chi connectivity index (χ3n) is 2.78. The molecule has 1 fully saturated rings. The first-order valence-corrected chi connectivity index (χ1v) is 6.40. The SMILES string of the molecule is CN(C(=O)c1cc(N)ccn1)C1CCSC1. The lowest BCUT2D eigenvalue weighted by Crippen LogP contribution is -2.37. The molecule has 0 radical (unpaired) electrons. The van der Waals surface area contributed by atoms with Crippen molar-refractivity contribution < 1.29 is 4.79 Å². The Bertz CT molecular complexity index is 391. The molecule has 16 heavy (non-hydrogen) atoms. The number of anilines is 1. The van der Waals surface area contributed by atoms with Crippen LogP contribution in [0.3, 0.4) is 0 Å². The van der Waals surface area contributed by atoms with Crippen LogP contribution in [-0.4, -0.2) is 40.4 Å². The number of rotatable bonds is 2. The van der Waals surface area contributed by atoms with E-state index in [4.69, 9.17) is 5.73 Å². The summed E-state index contributed by atoms with van der Waals surface area (Å²) in [5, 5.41) is 0. The van der Waals surface area contributed by atoms with E-state index in [2.05, 4.69) is 4.98 Å². The van der Waals surface area contributed by atoms with Crippen molar-refractivity contribution in [3.8, 4) is 0 Å². The first-order chi connectivity index (χ1) is 7.68. The molecule has 0 bridgehead atoms. The van der Waals surface area contributed by atoms with E-state index in [1.807, 2.05) is 18.8 Å². The highest BCUT2D eigenvalue weighted by molar-refractivity contribution is 7.99. The summed E-state index contributed by atoms with van der Waals surface area (Å²) in [6, 6.07) is 3.64. The van der Waals surface area contributed by atoms with Crippen molar-refractivity contribution in [2.24, 2.45) is 0 Å². The molecule has 1 saturated heterocycles. The Morgan fingerprint density at radius 2 is 2.50 bits per heavy atom. The predicted molar refractivity (Wildman–Crippen MR) is 66.5 cm³/mol. The Balaban J connectivity index is 2.12. The van der Waals surface area contributed by atoms with Gasteiger partial charge in [-0.1, -0.05) is 0 Å². The number of nitrogen functional groups attached to an aromatic ring is 1. The van der Waals surface area contributed by atoms with Crippen molar-refractivity contribution in [1.29, 1.82) is 0 Å². The van der Waals surface area contributed by atoms with Crippen molar-refractivity contribution in [1.82, 2.24) is 9.88 Å². The summed E-state index contributed by atoms with van der Waals surface area (Å²) in [4.78, 5) is 17.9. The molecular weight excluding hydrogens is 222 g/mol. The number of carbonyl (C=O) groups is 1. The standard InChI is InChI=1S/C11H15N3OS/c1-14(9-3-5-16-7-9)11(15)10-6-8(12)2-4-13-10/h2,4,6,9H,3,5,7H2,1H3,(H2,12,13). The molecular formula is C11H15N3OS. The van der Waals surface area contributed by atoms with Gasteiger partial charge in [0.1, 0.15) is 5.69 Å². The molecule has 1 aromatic heterocycles. The summed E-state index contributed by atoms with van der Waals surface area (Å²) in [5.41, 5.74) is 6.64. The smallest absolute Gasteiger partial charge is 0.272 e. The van der Waals surface area contributed by atoms with E-state index < -0.39 is 0 Å². The molecule has 1 unspecified atom stereocenters. The third-order valence-corrected chi connectivity index (χ3v) is 3.92. The van der Waals surface area contributed by atoms with Crippen LogP contribution in [0.5, 0.6) is 0 Å². The summed E-state index contributed by atoms with van der Waals surface area (Å²) in [7, 11) is 1.84. The number of hydrogen-bond donors (Lipinski definition) is 1. The summed E-state index contributed by atoms with van der Waals surface area (Å²) in [5.74, 6) is 2.11. The van der Waals surface area contributed by atoms with Gasteiger partial charge in [-0.3, -0.25) is 9.78 Å². The molecule has 1 aromatic rings. The van der Waals surface area contributed by atoms with E-state index in [1.165, 1.54) is 0 Å². The first-order valence-electron chi connectivity index (χ1n) is 5.25. The zero-order chi connectivity index (χ0) is 11.5. The van der Waals surface area contributed by atoms with E-state index in [9.17, 15) is 4.79 Å². The molecule has 2 N–H and O–H groups in total. The van der Waals surface area contributed by atoms with E-state index in [-0.39, 0.29) is 5.91 Å². The number of hydrogen-bond acceptors (Lipinski definition) is 4. The number of nitrogens with two attached hydrogens (primary N) is 1. The highest BCUT2D eigenvalue weighted by Gasteiger charge is 2.25. The summed E-state index contributed by atoms with van der Waals surface area (Å²) < 4.78 is 0. The van der Waals surface area contributed by atoms with Gasteiger partial charge in [0.25, 0.3) is 5.91 Å². The van der Waals surface area contributed by atoms with Crippen LogP contribution in [-0.2, 0) is 0 Å². The van der Waals surface area contributed by atoms with Crippen LogP contribution in [0.4, 0.5) is 5.69 Å². The molecule has 1 atom stereocenters. The van der Waals surface area contributed by atoms with Gasteiger partial charge >= 0.3 is 0 Å². The molecule has 0 spiro atoms. The highest BCUT2D eigenvalue weighted by atomic mass is 32.2. The van der Waals surface area contributed by atoms with Crippen molar-refractivity contribution in [2.75, 3.05) is 24.3 Å². The van der Waals surface area contributed by atoms with Gasteiger partial charge in [0.05, 0.1) is 0 Å². The Morgan fingerprint density at radius 3 is 3.12 bits per heavy atom. The number of pyridine rings is 1. The maximum Gasteiger partial charge on any atom is 0.272 e. The second kappa shape index (κ2) is 4.74. The van der Waals surface area contributed by atoms with E-state index in [1.54, 1.807) is 23.2 Å². The lowest BCUT2D eigenvalue weighted by Gasteiger charge is -2.23. The molecule has 1 aliphatic heterocycles. The van der Waals surface area contributed by atoms with Gasteiger partial charge in [0.15, 0.2) is 0 Å². The monoisotopic (exact) mass is 237 g/mol. The minimum atomic E-state index is -0.0419. The average molecular weight is 237 g/mol. The van der Waals surface area contributed by atoms with Crippen molar-refractivity contribution in [3.05, 3.63) is 24.0 Å². The Labute approximate surface area is 99.2 Å². The fourth-order valence-electron chi connectivity index (χ4n) is 1.74. The largest absolute Gasteiger partial charge is 0.399 e. The van der Waals surface area contributed by atoms with E-state index in [0.717, 1.165) is 17.9 Å². The van der Waals surface area contributed by atoms with Gasteiger partial charge < -0.3 is 10.6 Å². The Hall–Kier alpha value is -1.23. The van der Waals surface area contributed by atoms with Crippen LogP contribution in [0, 0.1) is 0 Å². The number of nitrogens with zero attached hydrogens (tertiary/aromatic N) is 2. The fourth-order valence-corrected chi connectivity index (χ4v) is 3.01. The van der Waals surface area contributed by atoms with Gasteiger partial charge in [-0.15, -0.1) is 0 Å². The van der Waals surface area contributed by atoms with E-state index >= 15 is 0 Å².